The highest BCUT2D eigenvalue weighted by Crippen LogP contribution is 2.16. The highest BCUT2D eigenvalue weighted by atomic mass is 16.4. The van der Waals surface area contributed by atoms with Crippen molar-refractivity contribution in [2.75, 3.05) is 12.3 Å². The van der Waals surface area contributed by atoms with Gasteiger partial charge in [0.15, 0.2) is 0 Å². The van der Waals surface area contributed by atoms with Gasteiger partial charge < -0.3 is 15.9 Å². The molecule has 4 heteroatoms. The van der Waals surface area contributed by atoms with Crippen molar-refractivity contribution < 1.29 is 15.0 Å². The molecule has 0 aliphatic carbocycles. The third-order valence-electron chi connectivity index (χ3n) is 1.93. The lowest BCUT2D eigenvalue weighted by atomic mass is 10.1. The summed E-state index contributed by atoms with van der Waals surface area (Å²) in [6.07, 6.45) is 4.10. The molecule has 0 radical (unpaired) electrons. The van der Waals surface area contributed by atoms with Crippen LogP contribution in [0.4, 0.5) is 5.69 Å². The number of anilines is 1. The summed E-state index contributed by atoms with van der Waals surface area (Å²) in [5.41, 5.74) is 7.02. The van der Waals surface area contributed by atoms with E-state index in [1.807, 2.05) is 0 Å². The number of nitrogen functional groups attached to an aromatic ring is 1. The minimum Gasteiger partial charge on any atom is -0.478 e. The number of carbonyl (C=O) groups is 1. The van der Waals surface area contributed by atoms with E-state index in [0.29, 0.717) is 12.1 Å². The average Bonchev–Trinajstić information content (AvgIpc) is 2.20. The fourth-order valence-corrected chi connectivity index (χ4v) is 1.14. The van der Waals surface area contributed by atoms with Crippen LogP contribution in [0.3, 0.4) is 0 Å². The molecule has 0 spiro atoms. The van der Waals surface area contributed by atoms with Gasteiger partial charge in [0.25, 0.3) is 0 Å². The summed E-state index contributed by atoms with van der Waals surface area (Å²) in [7, 11) is 0. The smallest absolute Gasteiger partial charge is 0.335 e. The van der Waals surface area contributed by atoms with E-state index in [4.69, 9.17) is 15.9 Å². The Bertz CT molecular complexity index is 385. The Hall–Kier alpha value is -1.81. The molecule has 1 aromatic carbocycles. The van der Waals surface area contributed by atoms with E-state index in [-0.39, 0.29) is 12.2 Å². The van der Waals surface area contributed by atoms with Crippen molar-refractivity contribution in [1.82, 2.24) is 0 Å². The van der Waals surface area contributed by atoms with E-state index < -0.39 is 5.97 Å². The topological polar surface area (TPSA) is 83.6 Å². The zero-order valence-corrected chi connectivity index (χ0v) is 8.18. The molecule has 0 unspecified atom stereocenters. The Labute approximate surface area is 87.7 Å². The minimum absolute atomic E-state index is 0.0869. The monoisotopic (exact) mass is 207 g/mol. The van der Waals surface area contributed by atoms with Crippen molar-refractivity contribution in [3.8, 4) is 0 Å². The summed E-state index contributed by atoms with van der Waals surface area (Å²) in [5, 5.41) is 17.3. The summed E-state index contributed by atoms with van der Waals surface area (Å²) >= 11 is 0. The maximum absolute atomic E-state index is 10.6. The van der Waals surface area contributed by atoms with Gasteiger partial charge in [-0.15, -0.1) is 0 Å². The molecule has 0 bridgehead atoms. The molecule has 0 amide bonds. The van der Waals surface area contributed by atoms with E-state index in [1.54, 1.807) is 18.2 Å². The van der Waals surface area contributed by atoms with Crippen molar-refractivity contribution >= 4 is 17.7 Å². The fraction of sp³-hybridized carbons (Fsp3) is 0.182. The van der Waals surface area contributed by atoms with Crippen LogP contribution >= 0.6 is 0 Å². The van der Waals surface area contributed by atoms with Gasteiger partial charge in [-0.2, -0.15) is 0 Å². The van der Waals surface area contributed by atoms with Crippen LogP contribution < -0.4 is 5.73 Å². The van der Waals surface area contributed by atoms with Gasteiger partial charge in [0.2, 0.25) is 0 Å². The molecule has 0 heterocycles. The predicted molar refractivity (Wildman–Crippen MR) is 58.6 cm³/mol. The van der Waals surface area contributed by atoms with E-state index in [2.05, 4.69) is 0 Å². The first kappa shape index (κ1) is 11.3. The molecule has 0 saturated heterocycles. The maximum Gasteiger partial charge on any atom is 0.335 e. The molecule has 0 aliphatic rings. The molecular weight excluding hydrogens is 194 g/mol. The zero-order valence-electron chi connectivity index (χ0n) is 8.18. The molecule has 15 heavy (non-hydrogen) atoms. The van der Waals surface area contributed by atoms with Crippen LogP contribution in [-0.2, 0) is 0 Å². The van der Waals surface area contributed by atoms with Crippen LogP contribution in [0.25, 0.3) is 6.08 Å². The van der Waals surface area contributed by atoms with Crippen LogP contribution in [0.15, 0.2) is 24.3 Å². The molecule has 0 atom stereocenters. The second kappa shape index (κ2) is 5.17. The lowest BCUT2D eigenvalue weighted by Crippen LogP contribution is -1.98. The molecule has 4 N–H and O–H groups in total. The standard InChI is InChI=1S/C11H13NO3/c12-10-7-9(11(14)15)5-4-8(10)3-1-2-6-13/h1,3-5,7,13H,2,6,12H2,(H,14,15). The molecular formula is C11H13NO3. The predicted octanol–water partition coefficient (Wildman–Crippen LogP) is 1.36. The number of aliphatic hydroxyl groups is 1. The van der Waals surface area contributed by atoms with Crippen molar-refractivity contribution in [1.29, 1.82) is 0 Å². The van der Waals surface area contributed by atoms with Gasteiger partial charge in [-0.25, -0.2) is 4.79 Å². The number of carboxylic acid groups (broad SMARTS) is 1. The van der Waals surface area contributed by atoms with Gasteiger partial charge in [-0.1, -0.05) is 18.2 Å². The SMILES string of the molecule is Nc1cc(C(=O)O)ccc1C=CCCO. The molecule has 0 aromatic heterocycles. The fourth-order valence-electron chi connectivity index (χ4n) is 1.14. The van der Waals surface area contributed by atoms with Crippen LogP contribution in [0.5, 0.6) is 0 Å². The average molecular weight is 207 g/mol. The summed E-state index contributed by atoms with van der Waals surface area (Å²) < 4.78 is 0. The maximum atomic E-state index is 10.6. The van der Waals surface area contributed by atoms with E-state index >= 15 is 0 Å². The van der Waals surface area contributed by atoms with Crippen molar-refractivity contribution in [2.45, 2.75) is 6.42 Å². The third kappa shape index (κ3) is 3.11. The summed E-state index contributed by atoms with van der Waals surface area (Å²) in [5.74, 6) is -0.993. The highest BCUT2D eigenvalue weighted by molar-refractivity contribution is 5.89. The summed E-state index contributed by atoms with van der Waals surface area (Å²) in [6, 6.07) is 4.56. The molecule has 0 fully saturated rings. The molecule has 4 nitrogen and oxygen atoms in total. The van der Waals surface area contributed by atoms with Crippen LogP contribution in [0, 0.1) is 0 Å². The Kier molecular flexibility index (Phi) is 3.88. The Morgan fingerprint density at radius 2 is 2.20 bits per heavy atom. The zero-order chi connectivity index (χ0) is 11.3. The summed E-state index contributed by atoms with van der Waals surface area (Å²) in [4.78, 5) is 10.6. The normalized spacial score (nSPS) is 10.7. The van der Waals surface area contributed by atoms with E-state index in [9.17, 15) is 4.79 Å². The number of benzene rings is 1. The minimum atomic E-state index is -0.993. The van der Waals surface area contributed by atoms with Crippen LogP contribution in [0.1, 0.15) is 22.3 Å². The van der Waals surface area contributed by atoms with Crippen LogP contribution in [0.2, 0.25) is 0 Å². The first-order chi connectivity index (χ1) is 7.15. The number of aromatic carboxylic acids is 1. The lowest BCUT2D eigenvalue weighted by molar-refractivity contribution is 0.0697. The number of hydrogen-bond acceptors (Lipinski definition) is 3. The van der Waals surface area contributed by atoms with Crippen molar-refractivity contribution in [3.63, 3.8) is 0 Å². The number of hydrogen-bond donors (Lipinski definition) is 3. The molecule has 1 rings (SSSR count). The second-order valence-corrected chi connectivity index (χ2v) is 3.06. The molecule has 1 aromatic rings. The van der Waals surface area contributed by atoms with Crippen LogP contribution in [-0.4, -0.2) is 22.8 Å². The van der Waals surface area contributed by atoms with Crippen molar-refractivity contribution in [3.05, 3.63) is 35.4 Å². The Morgan fingerprint density at radius 3 is 2.73 bits per heavy atom. The highest BCUT2D eigenvalue weighted by Gasteiger charge is 2.03. The molecule has 0 aliphatic heterocycles. The number of carboxylic acids is 1. The van der Waals surface area contributed by atoms with E-state index in [0.717, 1.165) is 5.56 Å². The Morgan fingerprint density at radius 1 is 1.47 bits per heavy atom. The van der Waals surface area contributed by atoms with Gasteiger partial charge in [-0.3, -0.25) is 0 Å². The summed E-state index contributed by atoms with van der Waals surface area (Å²) in [6.45, 7) is 0.0869. The quantitative estimate of drug-likeness (QED) is 0.651. The second-order valence-electron chi connectivity index (χ2n) is 3.06. The first-order valence-electron chi connectivity index (χ1n) is 4.55. The van der Waals surface area contributed by atoms with Gasteiger partial charge in [0.05, 0.1) is 5.56 Å². The third-order valence-corrected chi connectivity index (χ3v) is 1.93. The molecule has 80 valence electrons. The molecule has 0 saturated carbocycles. The van der Waals surface area contributed by atoms with E-state index in [1.165, 1.54) is 12.1 Å². The first-order valence-corrected chi connectivity index (χ1v) is 4.55. The van der Waals surface area contributed by atoms with Crippen molar-refractivity contribution in [2.24, 2.45) is 0 Å². The van der Waals surface area contributed by atoms with Gasteiger partial charge in [0.1, 0.15) is 0 Å². The number of nitrogens with two attached hydrogens (primary N) is 1. The number of aliphatic hydroxyl groups excluding tert-OH is 1. The van der Waals surface area contributed by atoms with Gasteiger partial charge in [-0.05, 0) is 24.1 Å². The Balaban J connectivity index is 2.88. The largest absolute Gasteiger partial charge is 0.478 e. The van der Waals surface area contributed by atoms with Gasteiger partial charge in [0, 0.05) is 12.3 Å². The van der Waals surface area contributed by atoms with Gasteiger partial charge >= 0.3 is 5.97 Å². The number of rotatable bonds is 4. The lowest BCUT2D eigenvalue weighted by Gasteiger charge is -2.01.